The molecule has 0 radical (unpaired) electrons. The first-order chi connectivity index (χ1) is 10.6. The van der Waals surface area contributed by atoms with Gasteiger partial charge in [-0.1, -0.05) is 6.92 Å². The van der Waals surface area contributed by atoms with Crippen LogP contribution in [0.2, 0.25) is 0 Å². The summed E-state index contributed by atoms with van der Waals surface area (Å²) in [6.45, 7) is 4.19. The summed E-state index contributed by atoms with van der Waals surface area (Å²) in [5.41, 5.74) is 0.613. The molecule has 2 heterocycles. The van der Waals surface area contributed by atoms with Gasteiger partial charge in [0.15, 0.2) is 0 Å². The Balaban J connectivity index is 2.01. The maximum absolute atomic E-state index is 12.1. The fourth-order valence-electron chi connectivity index (χ4n) is 1.78. The molecular weight excluding hydrogens is 282 g/mol. The number of furan rings is 1. The standard InChI is InChI=1S/C16H19N3O3/c1-3-11(2)19-16(21)14-9-12(6-7-17-14)15(20)18-10-13-5-4-8-22-13/h4-9,11H,3,10H2,1-2H3,(H,18,20)(H,19,21). The van der Waals surface area contributed by atoms with Crippen LogP contribution in [0.15, 0.2) is 41.1 Å². The van der Waals surface area contributed by atoms with E-state index in [-0.39, 0.29) is 23.6 Å². The first kappa shape index (κ1) is 15.8. The van der Waals surface area contributed by atoms with Crippen LogP contribution in [0.1, 0.15) is 46.9 Å². The van der Waals surface area contributed by atoms with Gasteiger partial charge < -0.3 is 15.1 Å². The summed E-state index contributed by atoms with van der Waals surface area (Å²) in [6.07, 6.45) is 3.83. The van der Waals surface area contributed by atoms with E-state index in [9.17, 15) is 9.59 Å². The lowest BCUT2D eigenvalue weighted by Gasteiger charge is -2.11. The molecule has 0 aromatic carbocycles. The maximum Gasteiger partial charge on any atom is 0.270 e. The van der Waals surface area contributed by atoms with Crippen molar-refractivity contribution in [3.8, 4) is 0 Å². The molecule has 2 N–H and O–H groups in total. The molecule has 0 aliphatic carbocycles. The second kappa shape index (κ2) is 7.40. The SMILES string of the molecule is CCC(C)NC(=O)c1cc(C(=O)NCc2ccco2)ccn1. The highest BCUT2D eigenvalue weighted by molar-refractivity contribution is 5.98. The zero-order chi connectivity index (χ0) is 15.9. The van der Waals surface area contributed by atoms with Gasteiger partial charge in [-0.05, 0) is 37.6 Å². The average Bonchev–Trinajstić information content (AvgIpc) is 3.06. The van der Waals surface area contributed by atoms with Gasteiger partial charge >= 0.3 is 0 Å². The molecule has 1 unspecified atom stereocenters. The van der Waals surface area contributed by atoms with Gasteiger partial charge in [0.25, 0.3) is 11.8 Å². The van der Waals surface area contributed by atoms with E-state index in [1.165, 1.54) is 12.3 Å². The summed E-state index contributed by atoms with van der Waals surface area (Å²) in [5.74, 6) is 0.101. The van der Waals surface area contributed by atoms with Crippen molar-refractivity contribution in [2.45, 2.75) is 32.9 Å². The Hall–Kier alpha value is -2.63. The normalized spacial score (nSPS) is 11.7. The molecule has 2 rings (SSSR count). The zero-order valence-electron chi connectivity index (χ0n) is 12.6. The number of hydrogen-bond donors (Lipinski definition) is 2. The van der Waals surface area contributed by atoms with E-state index in [1.54, 1.807) is 24.5 Å². The lowest BCUT2D eigenvalue weighted by molar-refractivity contribution is 0.0934. The Kier molecular flexibility index (Phi) is 5.30. The monoisotopic (exact) mass is 301 g/mol. The smallest absolute Gasteiger partial charge is 0.270 e. The van der Waals surface area contributed by atoms with Crippen LogP contribution in [0.5, 0.6) is 0 Å². The number of nitrogens with zero attached hydrogens (tertiary/aromatic N) is 1. The van der Waals surface area contributed by atoms with Crippen LogP contribution in [-0.2, 0) is 6.54 Å². The molecule has 0 aliphatic rings. The van der Waals surface area contributed by atoms with Gasteiger partial charge in [-0.2, -0.15) is 0 Å². The topological polar surface area (TPSA) is 84.2 Å². The first-order valence-electron chi connectivity index (χ1n) is 7.17. The highest BCUT2D eigenvalue weighted by atomic mass is 16.3. The molecular formula is C16H19N3O3. The van der Waals surface area contributed by atoms with Crippen LogP contribution in [-0.4, -0.2) is 22.8 Å². The third kappa shape index (κ3) is 4.18. The molecule has 6 nitrogen and oxygen atoms in total. The fraction of sp³-hybridized carbons (Fsp3) is 0.312. The molecule has 0 aliphatic heterocycles. The quantitative estimate of drug-likeness (QED) is 0.856. The summed E-state index contributed by atoms with van der Waals surface area (Å²) < 4.78 is 5.15. The number of hydrogen-bond acceptors (Lipinski definition) is 4. The van der Waals surface area contributed by atoms with E-state index in [1.807, 2.05) is 13.8 Å². The Morgan fingerprint density at radius 2 is 2.14 bits per heavy atom. The third-order valence-electron chi connectivity index (χ3n) is 3.25. The van der Waals surface area contributed by atoms with Crippen molar-refractivity contribution in [3.05, 3.63) is 53.7 Å². The van der Waals surface area contributed by atoms with Crippen molar-refractivity contribution in [2.75, 3.05) is 0 Å². The molecule has 0 saturated heterocycles. The molecule has 0 bridgehead atoms. The van der Waals surface area contributed by atoms with E-state index >= 15 is 0 Å². The summed E-state index contributed by atoms with van der Waals surface area (Å²) in [4.78, 5) is 28.1. The highest BCUT2D eigenvalue weighted by Crippen LogP contribution is 2.05. The van der Waals surface area contributed by atoms with Gasteiger partial charge in [0, 0.05) is 17.8 Å². The van der Waals surface area contributed by atoms with E-state index < -0.39 is 0 Å². The molecule has 0 fully saturated rings. The van der Waals surface area contributed by atoms with Crippen molar-refractivity contribution in [2.24, 2.45) is 0 Å². The van der Waals surface area contributed by atoms with E-state index in [0.29, 0.717) is 17.9 Å². The first-order valence-corrected chi connectivity index (χ1v) is 7.17. The molecule has 2 amide bonds. The predicted octanol–water partition coefficient (Wildman–Crippen LogP) is 2.13. The Morgan fingerprint density at radius 1 is 1.32 bits per heavy atom. The summed E-state index contributed by atoms with van der Waals surface area (Å²) in [7, 11) is 0. The zero-order valence-corrected chi connectivity index (χ0v) is 12.6. The average molecular weight is 301 g/mol. The van der Waals surface area contributed by atoms with Crippen molar-refractivity contribution in [1.82, 2.24) is 15.6 Å². The molecule has 0 saturated carbocycles. The van der Waals surface area contributed by atoms with Gasteiger partial charge in [-0.25, -0.2) is 0 Å². The molecule has 2 aromatic heterocycles. The molecule has 1 atom stereocenters. The van der Waals surface area contributed by atoms with Crippen molar-refractivity contribution in [1.29, 1.82) is 0 Å². The van der Waals surface area contributed by atoms with E-state index in [0.717, 1.165) is 6.42 Å². The van der Waals surface area contributed by atoms with Gasteiger partial charge in [0.05, 0.1) is 12.8 Å². The van der Waals surface area contributed by atoms with Gasteiger partial charge in [-0.3, -0.25) is 14.6 Å². The van der Waals surface area contributed by atoms with Crippen molar-refractivity contribution < 1.29 is 14.0 Å². The lowest BCUT2D eigenvalue weighted by atomic mass is 10.2. The number of pyridine rings is 1. The number of aromatic nitrogens is 1. The second-order valence-electron chi connectivity index (χ2n) is 4.97. The van der Waals surface area contributed by atoms with Crippen LogP contribution >= 0.6 is 0 Å². The molecule has 2 aromatic rings. The van der Waals surface area contributed by atoms with E-state index in [4.69, 9.17) is 4.42 Å². The van der Waals surface area contributed by atoms with Crippen molar-refractivity contribution in [3.63, 3.8) is 0 Å². The number of rotatable bonds is 6. The van der Waals surface area contributed by atoms with Gasteiger partial charge in [-0.15, -0.1) is 0 Å². The predicted molar refractivity (Wildman–Crippen MR) is 81.3 cm³/mol. The number of carbonyl (C=O) groups is 2. The molecule has 6 heteroatoms. The van der Waals surface area contributed by atoms with Crippen molar-refractivity contribution >= 4 is 11.8 Å². The minimum Gasteiger partial charge on any atom is -0.467 e. The van der Waals surface area contributed by atoms with Gasteiger partial charge in [0.2, 0.25) is 0 Å². The summed E-state index contributed by atoms with van der Waals surface area (Å²) >= 11 is 0. The number of carbonyl (C=O) groups excluding carboxylic acids is 2. The molecule has 116 valence electrons. The Labute approximate surface area is 128 Å². The minimum absolute atomic E-state index is 0.0609. The third-order valence-corrected chi connectivity index (χ3v) is 3.25. The lowest BCUT2D eigenvalue weighted by Crippen LogP contribution is -2.32. The van der Waals surface area contributed by atoms with E-state index in [2.05, 4.69) is 15.6 Å². The van der Waals surface area contributed by atoms with Crippen LogP contribution in [0, 0.1) is 0 Å². The Bertz CT molecular complexity index is 638. The highest BCUT2D eigenvalue weighted by Gasteiger charge is 2.13. The van der Waals surface area contributed by atoms with Crippen LogP contribution < -0.4 is 10.6 Å². The summed E-state index contributed by atoms with van der Waals surface area (Å²) in [6, 6.07) is 6.64. The van der Waals surface area contributed by atoms with Crippen LogP contribution in [0.25, 0.3) is 0 Å². The summed E-state index contributed by atoms with van der Waals surface area (Å²) in [5, 5.41) is 5.55. The Morgan fingerprint density at radius 3 is 2.82 bits per heavy atom. The second-order valence-corrected chi connectivity index (χ2v) is 4.97. The molecule has 22 heavy (non-hydrogen) atoms. The largest absolute Gasteiger partial charge is 0.467 e. The van der Waals surface area contributed by atoms with Gasteiger partial charge in [0.1, 0.15) is 11.5 Å². The molecule has 0 spiro atoms. The van der Waals surface area contributed by atoms with Crippen LogP contribution in [0.3, 0.4) is 0 Å². The number of amides is 2. The number of nitrogens with one attached hydrogen (secondary N) is 2. The fourth-order valence-corrected chi connectivity index (χ4v) is 1.78. The minimum atomic E-state index is -0.282. The van der Waals surface area contributed by atoms with Crippen LogP contribution in [0.4, 0.5) is 0 Å². The maximum atomic E-state index is 12.1.